The summed E-state index contributed by atoms with van der Waals surface area (Å²) < 4.78 is 4.25. The number of carboxylic acids is 1. The number of methoxy groups -OCH3 is 1. The van der Waals surface area contributed by atoms with Gasteiger partial charge in [-0.15, -0.1) is 0 Å². The van der Waals surface area contributed by atoms with E-state index in [1.54, 1.807) is 0 Å². The number of hydrogen-bond donors (Lipinski definition) is 3. The lowest BCUT2D eigenvalue weighted by Gasteiger charge is -2.09. The van der Waals surface area contributed by atoms with Gasteiger partial charge in [0, 0.05) is 0 Å². The first-order chi connectivity index (χ1) is 7.47. The Morgan fingerprint density at radius 1 is 1.44 bits per heavy atom. The first-order valence-electron chi connectivity index (χ1n) is 4.73. The number of carboxylic acid groups (broad SMARTS) is 1. The number of ether oxygens (including phenoxy) is 1. The van der Waals surface area contributed by atoms with Gasteiger partial charge in [-0.25, -0.2) is 4.79 Å². The van der Waals surface area contributed by atoms with E-state index in [0.717, 1.165) is 7.11 Å². The molecule has 1 saturated carbocycles. The van der Waals surface area contributed by atoms with Crippen molar-refractivity contribution in [2.75, 3.05) is 13.7 Å². The Balaban J connectivity index is 2.27. The van der Waals surface area contributed by atoms with Crippen LogP contribution in [0.15, 0.2) is 0 Å². The maximum absolute atomic E-state index is 11.3. The minimum atomic E-state index is -1.42. The molecule has 0 aliphatic heterocycles. The number of amides is 1. The zero-order valence-corrected chi connectivity index (χ0v) is 8.67. The monoisotopic (exact) mass is 231 g/mol. The Kier molecular flexibility index (Phi) is 3.83. The van der Waals surface area contributed by atoms with E-state index < -0.39 is 35.8 Å². The van der Waals surface area contributed by atoms with Crippen molar-refractivity contribution >= 4 is 17.8 Å². The van der Waals surface area contributed by atoms with Crippen molar-refractivity contribution in [2.24, 2.45) is 11.8 Å². The van der Waals surface area contributed by atoms with Crippen LogP contribution >= 0.6 is 0 Å². The summed E-state index contributed by atoms with van der Waals surface area (Å²) in [6, 6.07) is 0. The molecule has 0 spiro atoms. The summed E-state index contributed by atoms with van der Waals surface area (Å²) in [4.78, 5) is 32.5. The number of nitrogens with one attached hydrogen (secondary N) is 1. The first kappa shape index (κ1) is 12.4. The molecule has 1 fully saturated rings. The molecule has 0 aromatic carbocycles. The Morgan fingerprint density at radius 2 is 2.06 bits per heavy atom. The van der Waals surface area contributed by atoms with Gasteiger partial charge in [-0.2, -0.15) is 0 Å². The highest BCUT2D eigenvalue weighted by Gasteiger charge is 2.48. The fourth-order valence-electron chi connectivity index (χ4n) is 1.31. The van der Waals surface area contributed by atoms with Gasteiger partial charge in [0.15, 0.2) is 6.10 Å². The average Bonchev–Trinajstić information content (AvgIpc) is 3.04. The van der Waals surface area contributed by atoms with E-state index in [1.807, 2.05) is 0 Å². The molecule has 3 N–H and O–H groups in total. The van der Waals surface area contributed by atoms with Gasteiger partial charge in [0.05, 0.1) is 25.5 Å². The van der Waals surface area contributed by atoms with Crippen LogP contribution in [0.2, 0.25) is 0 Å². The summed E-state index contributed by atoms with van der Waals surface area (Å²) in [5, 5.41) is 20.0. The van der Waals surface area contributed by atoms with E-state index in [2.05, 4.69) is 10.1 Å². The molecule has 0 saturated heterocycles. The molecule has 7 heteroatoms. The van der Waals surface area contributed by atoms with Crippen LogP contribution in [-0.2, 0) is 19.1 Å². The Morgan fingerprint density at radius 3 is 2.50 bits per heavy atom. The van der Waals surface area contributed by atoms with Crippen molar-refractivity contribution in [3.63, 3.8) is 0 Å². The molecule has 1 rings (SSSR count). The Bertz CT molecular complexity index is 315. The predicted octanol–water partition coefficient (Wildman–Crippen LogP) is -1.64. The van der Waals surface area contributed by atoms with Gasteiger partial charge in [-0.05, 0) is 6.42 Å². The quantitative estimate of drug-likeness (QED) is 0.489. The van der Waals surface area contributed by atoms with Crippen LogP contribution in [0.3, 0.4) is 0 Å². The number of carbonyl (C=O) groups excluding carboxylic acids is 2. The van der Waals surface area contributed by atoms with Crippen molar-refractivity contribution < 1.29 is 29.3 Å². The third-order valence-electron chi connectivity index (χ3n) is 2.39. The molecule has 1 amide bonds. The van der Waals surface area contributed by atoms with E-state index in [0.29, 0.717) is 6.42 Å². The molecule has 1 aliphatic carbocycles. The lowest BCUT2D eigenvalue weighted by Crippen LogP contribution is -2.38. The van der Waals surface area contributed by atoms with E-state index in [-0.39, 0.29) is 6.54 Å². The molecule has 90 valence electrons. The molecular formula is C9H13NO6. The predicted molar refractivity (Wildman–Crippen MR) is 50.3 cm³/mol. The third-order valence-corrected chi connectivity index (χ3v) is 2.39. The number of aliphatic carboxylic acids is 1. The minimum Gasteiger partial charge on any atom is -0.481 e. The molecule has 3 atom stereocenters. The van der Waals surface area contributed by atoms with Gasteiger partial charge in [0.25, 0.3) is 0 Å². The molecule has 0 aromatic heterocycles. The second kappa shape index (κ2) is 4.93. The van der Waals surface area contributed by atoms with Gasteiger partial charge < -0.3 is 20.3 Å². The summed E-state index contributed by atoms with van der Waals surface area (Å²) in [6.45, 7) is -0.269. The van der Waals surface area contributed by atoms with E-state index in [9.17, 15) is 14.4 Å². The van der Waals surface area contributed by atoms with Crippen LogP contribution in [0.5, 0.6) is 0 Å². The summed E-state index contributed by atoms with van der Waals surface area (Å²) in [7, 11) is 1.12. The minimum absolute atomic E-state index is 0.269. The van der Waals surface area contributed by atoms with Gasteiger partial charge >= 0.3 is 11.9 Å². The molecule has 0 radical (unpaired) electrons. The lowest BCUT2D eigenvalue weighted by atomic mass is 10.3. The van der Waals surface area contributed by atoms with E-state index >= 15 is 0 Å². The maximum Gasteiger partial charge on any atom is 0.336 e. The van der Waals surface area contributed by atoms with Crippen LogP contribution < -0.4 is 5.32 Å². The Hall–Kier alpha value is -1.63. The largest absolute Gasteiger partial charge is 0.481 e. The molecule has 7 nitrogen and oxygen atoms in total. The van der Waals surface area contributed by atoms with E-state index in [4.69, 9.17) is 10.2 Å². The zero-order chi connectivity index (χ0) is 12.3. The van der Waals surface area contributed by atoms with Crippen molar-refractivity contribution in [3.05, 3.63) is 0 Å². The number of aliphatic hydroxyl groups is 1. The summed E-state index contributed by atoms with van der Waals surface area (Å²) in [6.07, 6.45) is -1.12. The summed E-state index contributed by atoms with van der Waals surface area (Å²) in [5.41, 5.74) is 0. The number of hydrogen-bond acceptors (Lipinski definition) is 5. The molecular weight excluding hydrogens is 218 g/mol. The first-order valence-corrected chi connectivity index (χ1v) is 4.73. The van der Waals surface area contributed by atoms with Crippen LogP contribution in [-0.4, -0.2) is 47.8 Å². The normalized spacial score (nSPS) is 24.4. The van der Waals surface area contributed by atoms with Gasteiger partial charge in [-0.3, -0.25) is 9.59 Å². The van der Waals surface area contributed by atoms with Crippen LogP contribution in [0, 0.1) is 11.8 Å². The van der Waals surface area contributed by atoms with Crippen molar-refractivity contribution in [3.8, 4) is 0 Å². The fraction of sp³-hybridized carbons (Fsp3) is 0.667. The third kappa shape index (κ3) is 2.93. The molecule has 1 aliphatic rings. The highest BCUT2D eigenvalue weighted by molar-refractivity contribution is 5.89. The van der Waals surface area contributed by atoms with Crippen molar-refractivity contribution in [1.29, 1.82) is 0 Å². The van der Waals surface area contributed by atoms with Crippen LogP contribution in [0.1, 0.15) is 6.42 Å². The zero-order valence-electron chi connectivity index (χ0n) is 8.67. The number of carbonyl (C=O) groups is 3. The smallest absolute Gasteiger partial charge is 0.336 e. The average molecular weight is 231 g/mol. The standard InChI is InChI=1S/C9H13NO6/c1-16-9(15)6(11)3-10-7(12)4-2-5(4)8(13)14/h4-6,11H,2-3H2,1H3,(H,10,12)(H,13,14)/t4-,5+,6?/m1/s1. The Labute approximate surface area is 91.4 Å². The highest BCUT2D eigenvalue weighted by Crippen LogP contribution is 2.38. The maximum atomic E-state index is 11.3. The molecule has 0 aromatic rings. The van der Waals surface area contributed by atoms with Gasteiger partial charge in [-0.1, -0.05) is 0 Å². The SMILES string of the molecule is COC(=O)C(O)CNC(=O)[C@@H]1C[C@@H]1C(=O)O. The van der Waals surface area contributed by atoms with Crippen molar-refractivity contribution in [1.82, 2.24) is 5.32 Å². The molecule has 1 unspecified atom stereocenters. The molecule has 16 heavy (non-hydrogen) atoms. The van der Waals surface area contributed by atoms with Gasteiger partial charge in [0.1, 0.15) is 0 Å². The highest BCUT2D eigenvalue weighted by atomic mass is 16.5. The lowest BCUT2D eigenvalue weighted by molar-refractivity contribution is -0.150. The van der Waals surface area contributed by atoms with Gasteiger partial charge in [0.2, 0.25) is 5.91 Å². The van der Waals surface area contributed by atoms with Crippen molar-refractivity contribution in [2.45, 2.75) is 12.5 Å². The summed E-state index contributed by atoms with van der Waals surface area (Å²) in [5.74, 6) is -3.51. The second-order valence-corrected chi connectivity index (χ2v) is 3.57. The second-order valence-electron chi connectivity index (χ2n) is 3.57. The molecule has 0 bridgehead atoms. The summed E-state index contributed by atoms with van der Waals surface area (Å²) >= 11 is 0. The molecule has 0 heterocycles. The number of esters is 1. The van der Waals surface area contributed by atoms with Crippen LogP contribution in [0.4, 0.5) is 0 Å². The number of rotatable bonds is 5. The fourth-order valence-corrected chi connectivity index (χ4v) is 1.31. The topological polar surface area (TPSA) is 113 Å². The van der Waals surface area contributed by atoms with Crippen LogP contribution in [0.25, 0.3) is 0 Å². The van der Waals surface area contributed by atoms with E-state index in [1.165, 1.54) is 0 Å². The number of aliphatic hydroxyl groups excluding tert-OH is 1.